The third-order valence-corrected chi connectivity index (χ3v) is 5.30. The monoisotopic (exact) mass is 174 g/mol. The molecule has 3 heteroatoms. The van der Waals surface area contributed by atoms with Gasteiger partial charge in [0, 0.05) is 5.22 Å². The van der Waals surface area contributed by atoms with E-state index in [2.05, 4.69) is 40.0 Å². The van der Waals surface area contributed by atoms with Gasteiger partial charge in [-0.05, 0) is 26.9 Å². The molecule has 0 heterocycles. The topological polar surface area (TPSA) is 9.23 Å². The predicted octanol–water partition coefficient (Wildman–Crippen LogP) is 2.33. The van der Waals surface area contributed by atoms with Crippen LogP contribution in [0.1, 0.15) is 13.8 Å². The standard InChI is InChI=1S/C7H18OSi2/c1-7(2,9(3)4)8-10(5)6/h1-6H3. The third kappa shape index (κ3) is 3.53. The highest BCUT2D eigenvalue weighted by Crippen LogP contribution is 2.14. The molecule has 0 fully saturated rings. The Morgan fingerprint density at radius 3 is 1.50 bits per heavy atom. The Morgan fingerprint density at radius 2 is 1.40 bits per heavy atom. The average Bonchev–Trinajstić information content (AvgIpc) is 1.60. The Labute approximate surface area is 68.1 Å². The molecule has 0 spiro atoms. The van der Waals surface area contributed by atoms with E-state index >= 15 is 0 Å². The molecule has 0 N–H and O–H groups in total. The molecular formula is C7H18OSi2. The van der Waals surface area contributed by atoms with Gasteiger partial charge >= 0.3 is 0 Å². The fourth-order valence-electron chi connectivity index (χ4n) is 0.612. The molecule has 0 aliphatic rings. The van der Waals surface area contributed by atoms with Gasteiger partial charge in [-0.2, -0.15) is 0 Å². The Hall–Kier alpha value is 0.394. The summed E-state index contributed by atoms with van der Waals surface area (Å²) < 4.78 is 5.85. The van der Waals surface area contributed by atoms with Crippen molar-refractivity contribution in [2.45, 2.75) is 45.3 Å². The zero-order valence-corrected chi connectivity index (χ0v) is 9.91. The van der Waals surface area contributed by atoms with Crippen molar-refractivity contribution in [1.82, 2.24) is 0 Å². The van der Waals surface area contributed by atoms with Crippen LogP contribution in [-0.2, 0) is 4.43 Å². The van der Waals surface area contributed by atoms with Crippen LogP contribution in [0.4, 0.5) is 0 Å². The SMILES string of the molecule is C[Si](C)OC(C)(C)[Si](C)C. The van der Waals surface area contributed by atoms with Gasteiger partial charge in [-0.1, -0.05) is 13.1 Å². The first-order chi connectivity index (χ1) is 4.36. The maximum Gasteiger partial charge on any atom is 0.205 e. The van der Waals surface area contributed by atoms with E-state index in [4.69, 9.17) is 4.43 Å². The van der Waals surface area contributed by atoms with Crippen molar-refractivity contribution in [3.63, 3.8) is 0 Å². The quantitative estimate of drug-likeness (QED) is 0.597. The number of hydrogen-bond acceptors (Lipinski definition) is 1. The number of rotatable bonds is 3. The maximum atomic E-state index is 5.85. The first-order valence-electron chi connectivity index (χ1n) is 3.66. The molecule has 1 nitrogen and oxygen atoms in total. The normalized spacial score (nSPS) is 13.2. The molecule has 2 radical (unpaired) electrons. The van der Waals surface area contributed by atoms with Gasteiger partial charge in [-0.3, -0.25) is 0 Å². The van der Waals surface area contributed by atoms with E-state index in [1.165, 1.54) is 0 Å². The molecule has 0 unspecified atom stereocenters. The second kappa shape index (κ2) is 3.69. The molecule has 10 heavy (non-hydrogen) atoms. The van der Waals surface area contributed by atoms with Crippen molar-refractivity contribution in [3.05, 3.63) is 0 Å². The van der Waals surface area contributed by atoms with E-state index in [0.29, 0.717) is 0 Å². The molecule has 0 saturated carbocycles. The molecule has 0 bridgehead atoms. The Bertz CT molecular complexity index is 99.8. The first-order valence-corrected chi connectivity index (χ1v) is 8.57. The molecule has 0 aromatic rings. The third-order valence-electron chi connectivity index (χ3n) is 1.66. The van der Waals surface area contributed by atoms with Crippen LogP contribution in [0.2, 0.25) is 26.2 Å². The summed E-state index contributed by atoms with van der Waals surface area (Å²) in [5.41, 5.74) is 0. The summed E-state index contributed by atoms with van der Waals surface area (Å²) >= 11 is 0. The second-order valence-corrected chi connectivity index (χ2v) is 8.75. The summed E-state index contributed by atoms with van der Waals surface area (Å²) in [6.45, 7) is 13.4. The Kier molecular flexibility index (Phi) is 3.83. The first kappa shape index (κ1) is 10.4. The zero-order chi connectivity index (χ0) is 8.36. The number of hydrogen-bond donors (Lipinski definition) is 0. The summed E-state index contributed by atoms with van der Waals surface area (Å²) in [4.78, 5) is 0. The summed E-state index contributed by atoms with van der Waals surface area (Å²) in [7, 11) is -0.814. The molecule has 60 valence electrons. The minimum Gasteiger partial charge on any atom is -0.415 e. The summed E-state index contributed by atoms with van der Waals surface area (Å²) in [6, 6.07) is 0. The molecule has 0 amide bonds. The van der Waals surface area contributed by atoms with Gasteiger partial charge in [-0.15, -0.1) is 0 Å². The highest BCUT2D eigenvalue weighted by molar-refractivity contribution is 6.60. The lowest BCUT2D eigenvalue weighted by Crippen LogP contribution is -2.41. The van der Waals surface area contributed by atoms with Crippen molar-refractivity contribution in [3.8, 4) is 0 Å². The van der Waals surface area contributed by atoms with Crippen molar-refractivity contribution in [2.75, 3.05) is 0 Å². The van der Waals surface area contributed by atoms with Gasteiger partial charge in [0.25, 0.3) is 0 Å². The lowest BCUT2D eigenvalue weighted by molar-refractivity contribution is 0.193. The van der Waals surface area contributed by atoms with Gasteiger partial charge < -0.3 is 4.43 Å². The summed E-state index contributed by atoms with van der Waals surface area (Å²) in [5.74, 6) is 0. The molecule has 0 atom stereocenters. The van der Waals surface area contributed by atoms with E-state index in [1.807, 2.05) is 0 Å². The van der Waals surface area contributed by atoms with Crippen LogP contribution in [-0.4, -0.2) is 23.1 Å². The van der Waals surface area contributed by atoms with Crippen molar-refractivity contribution in [1.29, 1.82) is 0 Å². The van der Waals surface area contributed by atoms with E-state index in [0.717, 1.165) is 0 Å². The molecule has 0 aromatic carbocycles. The average molecular weight is 174 g/mol. The lowest BCUT2D eigenvalue weighted by Gasteiger charge is -2.30. The summed E-state index contributed by atoms with van der Waals surface area (Å²) in [6.07, 6.45) is 0. The van der Waals surface area contributed by atoms with Gasteiger partial charge in [0.1, 0.15) is 0 Å². The van der Waals surface area contributed by atoms with E-state index < -0.39 is 9.04 Å². The molecule has 0 aliphatic carbocycles. The van der Waals surface area contributed by atoms with Crippen LogP contribution < -0.4 is 0 Å². The van der Waals surface area contributed by atoms with Crippen molar-refractivity contribution in [2.24, 2.45) is 0 Å². The molecule has 0 aliphatic heterocycles. The zero-order valence-electron chi connectivity index (χ0n) is 7.91. The van der Waals surface area contributed by atoms with Gasteiger partial charge in [-0.25, -0.2) is 0 Å². The van der Waals surface area contributed by atoms with E-state index in [1.54, 1.807) is 0 Å². The van der Waals surface area contributed by atoms with Gasteiger partial charge in [0.05, 0.1) is 8.80 Å². The minimum absolute atomic E-state index is 0.169. The minimum atomic E-state index is -0.511. The van der Waals surface area contributed by atoms with Crippen LogP contribution in [0.25, 0.3) is 0 Å². The largest absolute Gasteiger partial charge is 0.415 e. The maximum absolute atomic E-state index is 5.85. The smallest absolute Gasteiger partial charge is 0.205 e. The van der Waals surface area contributed by atoms with Crippen LogP contribution in [0.3, 0.4) is 0 Å². The van der Waals surface area contributed by atoms with Crippen LogP contribution >= 0.6 is 0 Å². The molecule has 0 rings (SSSR count). The van der Waals surface area contributed by atoms with Gasteiger partial charge in [0.15, 0.2) is 0 Å². The predicted molar refractivity (Wildman–Crippen MR) is 50.1 cm³/mol. The molecule has 0 aromatic heterocycles. The van der Waals surface area contributed by atoms with Crippen LogP contribution in [0.5, 0.6) is 0 Å². The fraction of sp³-hybridized carbons (Fsp3) is 1.00. The summed E-state index contributed by atoms with van der Waals surface area (Å²) in [5, 5.41) is 0.169. The highest BCUT2D eigenvalue weighted by Gasteiger charge is 2.25. The highest BCUT2D eigenvalue weighted by atomic mass is 28.3. The Balaban J connectivity index is 3.87. The Morgan fingerprint density at radius 1 is 1.00 bits per heavy atom. The fourth-order valence-corrected chi connectivity index (χ4v) is 3.06. The van der Waals surface area contributed by atoms with Crippen molar-refractivity contribution < 1.29 is 4.43 Å². The van der Waals surface area contributed by atoms with Gasteiger partial charge in [0.2, 0.25) is 9.04 Å². The van der Waals surface area contributed by atoms with Crippen LogP contribution in [0, 0.1) is 0 Å². The van der Waals surface area contributed by atoms with Crippen LogP contribution in [0.15, 0.2) is 0 Å². The van der Waals surface area contributed by atoms with E-state index in [-0.39, 0.29) is 14.0 Å². The second-order valence-electron chi connectivity index (χ2n) is 3.52. The lowest BCUT2D eigenvalue weighted by atomic mass is 10.5. The van der Waals surface area contributed by atoms with E-state index in [9.17, 15) is 0 Å². The molecular weight excluding hydrogens is 156 g/mol. The van der Waals surface area contributed by atoms with Crippen molar-refractivity contribution >= 4 is 17.8 Å². The molecule has 0 saturated heterocycles.